The fraction of sp³-hybridized carbons (Fsp3) is 0.318. The number of esters is 1. The van der Waals surface area contributed by atoms with Gasteiger partial charge in [0.25, 0.3) is 5.91 Å². The number of carbonyl (C=O) groups is 3. The van der Waals surface area contributed by atoms with Crippen LogP contribution in [0.15, 0.2) is 47.4 Å². The number of sulfonamides is 1. The smallest absolute Gasteiger partial charge is 0.338 e. The van der Waals surface area contributed by atoms with Gasteiger partial charge in [0.2, 0.25) is 10.0 Å². The van der Waals surface area contributed by atoms with Crippen molar-refractivity contribution in [3.63, 3.8) is 0 Å². The Morgan fingerprint density at radius 2 is 1.58 bits per heavy atom. The van der Waals surface area contributed by atoms with Crippen LogP contribution in [0.3, 0.4) is 0 Å². The van der Waals surface area contributed by atoms with Gasteiger partial charge < -0.3 is 19.9 Å². The molecule has 1 aliphatic rings. The van der Waals surface area contributed by atoms with E-state index in [4.69, 9.17) is 19.9 Å². The van der Waals surface area contributed by atoms with Crippen molar-refractivity contribution in [3.05, 3.63) is 53.6 Å². The van der Waals surface area contributed by atoms with E-state index in [1.165, 1.54) is 53.9 Å². The van der Waals surface area contributed by atoms with Gasteiger partial charge in [-0.1, -0.05) is 0 Å². The number of primary amides is 1. The van der Waals surface area contributed by atoms with E-state index >= 15 is 0 Å². The minimum atomic E-state index is -3.57. The van der Waals surface area contributed by atoms with Crippen molar-refractivity contribution in [2.24, 2.45) is 5.73 Å². The van der Waals surface area contributed by atoms with Gasteiger partial charge >= 0.3 is 5.97 Å². The maximum Gasteiger partial charge on any atom is 0.338 e. The topological polar surface area (TPSA) is 142 Å². The van der Waals surface area contributed by atoms with Gasteiger partial charge in [-0.25, -0.2) is 13.2 Å². The van der Waals surface area contributed by atoms with E-state index in [2.05, 4.69) is 0 Å². The second-order valence-electron chi connectivity index (χ2n) is 7.26. The molecule has 0 unspecified atom stereocenters. The minimum absolute atomic E-state index is 0.109. The Hall–Kier alpha value is -3.44. The van der Waals surface area contributed by atoms with Crippen molar-refractivity contribution in [2.45, 2.75) is 17.7 Å². The Bertz CT molecular complexity index is 1140. The minimum Gasteiger partial charge on any atom is -0.493 e. The number of hydrogen-bond acceptors (Lipinski definition) is 8. The van der Waals surface area contributed by atoms with Gasteiger partial charge in [0.1, 0.15) is 0 Å². The zero-order valence-corrected chi connectivity index (χ0v) is 18.8. The Balaban J connectivity index is 1.61. The summed E-state index contributed by atoms with van der Waals surface area (Å²) < 4.78 is 42.0. The molecule has 1 aliphatic heterocycles. The van der Waals surface area contributed by atoms with Gasteiger partial charge in [0.05, 0.1) is 17.6 Å². The Kier molecular flexibility index (Phi) is 7.67. The molecule has 0 aliphatic carbocycles. The molecule has 0 bridgehead atoms. The number of nitrogens with two attached hydrogens (primary N) is 1. The van der Waals surface area contributed by atoms with Crippen molar-refractivity contribution in [3.8, 4) is 11.5 Å². The molecular formula is C22H24N2O8S. The first kappa shape index (κ1) is 24.2. The van der Waals surface area contributed by atoms with E-state index in [-0.39, 0.29) is 34.1 Å². The van der Waals surface area contributed by atoms with Crippen molar-refractivity contribution in [1.29, 1.82) is 0 Å². The number of amides is 1. The van der Waals surface area contributed by atoms with Crippen LogP contribution in [0, 0.1) is 0 Å². The van der Waals surface area contributed by atoms with Crippen molar-refractivity contribution >= 4 is 27.7 Å². The summed E-state index contributed by atoms with van der Waals surface area (Å²) in [6.45, 7) is 0.0933. The van der Waals surface area contributed by atoms with E-state index in [0.29, 0.717) is 13.1 Å². The molecular weight excluding hydrogens is 452 g/mol. The van der Waals surface area contributed by atoms with Crippen LogP contribution in [0.4, 0.5) is 0 Å². The molecule has 33 heavy (non-hydrogen) atoms. The molecule has 1 amide bonds. The number of benzene rings is 2. The van der Waals surface area contributed by atoms with Crippen LogP contribution in [0.1, 0.15) is 33.6 Å². The Morgan fingerprint density at radius 1 is 0.939 bits per heavy atom. The van der Waals surface area contributed by atoms with Gasteiger partial charge in [-0.15, -0.1) is 0 Å². The summed E-state index contributed by atoms with van der Waals surface area (Å²) in [5, 5.41) is 0. The van der Waals surface area contributed by atoms with E-state index < -0.39 is 34.3 Å². The second-order valence-corrected chi connectivity index (χ2v) is 9.19. The third-order valence-corrected chi connectivity index (χ3v) is 6.90. The standard InChI is InChI=1S/C22H24N2O8S/c1-30-20-12-16(6-9-19(20)31-14-21(23)26)22(27)32-13-18(25)15-4-7-17(8-5-15)33(28,29)24-10-2-3-11-24/h4-9,12H,2-3,10-11,13-14H2,1H3,(H2,23,26). The summed E-state index contributed by atoms with van der Waals surface area (Å²) in [6, 6.07) is 9.70. The summed E-state index contributed by atoms with van der Waals surface area (Å²) in [5.74, 6) is -1.52. The fourth-order valence-electron chi connectivity index (χ4n) is 3.25. The highest BCUT2D eigenvalue weighted by molar-refractivity contribution is 7.89. The maximum absolute atomic E-state index is 12.6. The number of hydrogen-bond donors (Lipinski definition) is 1. The number of methoxy groups -OCH3 is 1. The van der Waals surface area contributed by atoms with Gasteiger partial charge in [0, 0.05) is 18.7 Å². The van der Waals surface area contributed by atoms with Crippen LogP contribution < -0.4 is 15.2 Å². The molecule has 11 heteroatoms. The van der Waals surface area contributed by atoms with E-state index in [1.807, 2.05) is 0 Å². The van der Waals surface area contributed by atoms with Crippen molar-refractivity contribution in [2.75, 3.05) is 33.4 Å². The van der Waals surface area contributed by atoms with Gasteiger partial charge in [-0.2, -0.15) is 4.31 Å². The van der Waals surface area contributed by atoms with Crippen LogP contribution in [0.5, 0.6) is 11.5 Å². The lowest BCUT2D eigenvalue weighted by molar-refractivity contribution is -0.119. The van der Waals surface area contributed by atoms with E-state index in [0.717, 1.165) is 12.8 Å². The largest absolute Gasteiger partial charge is 0.493 e. The number of nitrogens with zero attached hydrogens (tertiary/aromatic N) is 1. The highest BCUT2D eigenvalue weighted by Gasteiger charge is 2.27. The molecule has 2 N–H and O–H groups in total. The lowest BCUT2D eigenvalue weighted by Gasteiger charge is -2.15. The molecule has 0 atom stereocenters. The lowest BCUT2D eigenvalue weighted by Crippen LogP contribution is -2.27. The predicted octanol–water partition coefficient (Wildman–Crippen LogP) is 1.38. The van der Waals surface area contributed by atoms with Crippen molar-refractivity contribution < 1.29 is 37.0 Å². The average Bonchev–Trinajstić information content (AvgIpc) is 3.37. The molecule has 1 fully saturated rings. The summed E-state index contributed by atoms with van der Waals surface area (Å²) in [6.07, 6.45) is 1.66. The summed E-state index contributed by atoms with van der Waals surface area (Å²) >= 11 is 0. The summed E-state index contributed by atoms with van der Waals surface area (Å²) in [4.78, 5) is 35.7. The van der Waals surface area contributed by atoms with Crippen LogP contribution >= 0.6 is 0 Å². The highest BCUT2D eigenvalue weighted by atomic mass is 32.2. The van der Waals surface area contributed by atoms with Gasteiger partial charge in [-0.3, -0.25) is 9.59 Å². The predicted molar refractivity (Wildman–Crippen MR) is 117 cm³/mol. The van der Waals surface area contributed by atoms with E-state index in [9.17, 15) is 22.8 Å². The van der Waals surface area contributed by atoms with Crippen LogP contribution in [-0.2, 0) is 19.6 Å². The lowest BCUT2D eigenvalue weighted by atomic mass is 10.1. The molecule has 0 saturated carbocycles. The third-order valence-electron chi connectivity index (χ3n) is 4.98. The highest BCUT2D eigenvalue weighted by Crippen LogP contribution is 2.28. The molecule has 3 rings (SSSR count). The van der Waals surface area contributed by atoms with Gasteiger partial charge in [0.15, 0.2) is 30.5 Å². The quantitative estimate of drug-likeness (QED) is 0.400. The average molecular weight is 477 g/mol. The molecule has 0 aromatic heterocycles. The normalized spacial score (nSPS) is 14.0. The zero-order chi connectivity index (χ0) is 24.0. The third kappa shape index (κ3) is 5.88. The van der Waals surface area contributed by atoms with Crippen molar-refractivity contribution in [1.82, 2.24) is 4.31 Å². The summed E-state index contributed by atoms with van der Waals surface area (Å²) in [7, 11) is -2.21. The number of Topliss-reactive ketones (excluding diaryl/α,β-unsaturated/α-hetero) is 1. The fourth-order valence-corrected chi connectivity index (χ4v) is 4.77. The molecule has 1 heterocycles. The monoisotopic (exact) mass is 476 g/mol. The first-order valence-electron chi connectivity index (χ1n) is 10.1. The molecule has 10 nitrogen and oxygen atoms in total. The Labute approximate surface area is 191 Å². The zero-order valence-electron chi connectivity index (χ0n) is 18.0. The molecule has 176 valence electrons. The number of carbonyl (C=O) groups excluding carboxylic acids is 3. The van der Waals surface area contributed by atoms with Crippen LogP contribution in [0.25, 0.3) is 0 Å². The molecule has 1 saturated heterocycles. The van der Waals surface area contributed by atoms with Crippen LogP contribution in [-0.4, -0.2) is 63.8 Å². The number of rotatable bonds is 10. The number of ether oxygens (including phenoxy) is 3. The molecule has 2 aromatic carbocycles. The molecule has 2 aromatic rings. The first-order chi connectivity index (χ1) is 15.7. The first-order valence-corrected chi connectivity index (χ1v) is 11.6. The molecule has 0 radical (unpaired) electrons. The second kappa shape index (κ2) is 10.5. The van der Waals surface area contributed by atoms with Gasteiger partial charge in [-0.05, 0) is 55.3 Å². The van der Waals surface area contributed by atoms with Crippen LogP contribution in [0.2, 0.25) is 0 Å². The van der Waals surface area contributed by atoms with E-state index in [1.54, 1.807) is 0 Å². The summed E-state index contributed by atoms with van der Waals surface area (Å²) in [5.41, 5.74) is 5.37. The molecule has 0 spiro atoms. The SMILES string of the molecule is COc1cc(C(=O)OCC(=O)c2ccc(S(=O)(=O)N3CCCC3)cc2)ccc1OCC(N)=O. The number of ketones is 1. The maximum atomic E-state index is 12.6. The Morgan fingerprint density at radius 3 is 2.18 bits per heavy atom.